The van der Waals surface area contributed by atoms with E-state index in [2.05, 4.69) is 10.2 Å². The molecule has 8 nitrogen and oxygen atoms in total. The Morgan fingerprint density at radius 3 is 2.35 bits per heavy atom. The number of morpholine rings is 1. The predicted molar refractivity (Wildman–Crippen MR) is 119 cm³/mol. The van der Waals surface area contributed by atoms with Gasteiger partial charge in [-0.25, -0.2) is 8.42 Å². The lowest BCUT2D eigenvalue weighted by Gasteiger charge is -2.27. The molecular weight excluding hydrogens is 418 g/mol. The largest absolute Gasteiger partial charge is 0.497 e. The fraction of sp³-hybridized carbons (Fsp3) is 0.409. The van der Waals surface area contributed by atoms with Gasteiger partial charge >= 0.3 is 0 Å². The standard InChI is InChI=1S/C22H29N3O5S/c1-18-3-5-19(6-4-18)25(31(27,28)21-9-7-20(29-2)8-10-21)17-22(26)23-11-12-24-13-15-30-16-14-24/h3-10H,11-17H2,1-2H3,(H,23,26). The molecule has 0 saturated carbocycles. The Balaban J connectivity index is 1.74. The molecule has 1 heterocycles. The second kappa shape index (κ2) is 10.6. The first-order valence-corrected chi connectivity index (χ1v) is 11.6. The van der Waals surface area contributed by atoms with E-state index >= 15 is 0 Å². The zero-order valence-corrected chi connectivity index (χ0v) is 18.7. The number of sulfonamides is 1. The lowest BCUT2D eigenvalue weighted by Crippen LogP contribution is -2.44. The van der Waals surface area contributed by atoms with Crippen LogP contribution in [0.5, 0.6) is 5.75 Å². The molecule has 0 aromatic heterocycles. The lowest BCUT2D eigenvalue weighted by molar-refractivity contribution is -0.119. The Morgan fingerprint density at radius 1 is 1.10 bits per heavy atom. The van der Waals surface area contributed by atoms with Gasteiger partial charge in [0.25, 0.3) is 10.0 Å². The van der Waals surface area contributed by atoms with E-state index in [0.29, 0.717) is 37.7 Å². The fourth-order valence-corrected chi connectivity index (χ4v) is 4.69. The monoisotopic (exact) mass is 447 g/mol. The van der Waals surface area contributed by atoms with Crippen molar-refractivity contribution in [3.63, 3.8) is 0 Å². The smallest absolute Gasteiger partial charge is 0.264 e. The molecule has 2 aromatic rings. The van der Waals surface area contributed by atoms with Gasteiger partial charge in [-0.3, -0.25) is 14.0 Å². The van der Waals surface area contributed by atoms with Crippen LogP contribution in [0.25, 0.3) is 0 Å². The zero-order chi connectivity index (χ0) is 22.3. The molecular formula is C22H29N3O5S. The predicted octanol–water partition coefficient (Wildman–Crippen LogP) is 1.65. The highest BCUT2D eigenvalue weighted by Crippen LogP contribution is 2.25. The summed E-state index contributed by atoms with van der Waals surface area (Å²) in [6.45, 7) is 5.80. The van der Waals surface area contributed by atoms with Crippen molar-refractivity contribution in [2.24, 2.45) is 0 Å². The maximum absolute atomic E-state index is 13.4. The average Bonchev–Trinajstić information content (AvgIpc) is 2.79. The van der Waals surface area contributed by atoms with Crippen LogP contribution in [0.1, 0.15) is 5.56 Å². The van der Waals surface area contributed by atoms with Gasteiger partial charge in [-0.05, 0) is 43.3 Å². The van der Waals surface area contributed by atoms with Gasteiger partial charge in [0, 0.05) is 26.2 Å². The molecule has 9 heteroatoms. The van der Waals surface area contributed by atoms with Gasteiger partial charge in [0.1, 0.15) is 12.3 Å². The highest BCUT2D eigenvalue weighted by atomic mass is 32.2. The molecule has 1 aliphatic rings. The molecule has 168 valence electrons. The Hall–Kier alpha value is -2.62. The number of carbonyl (C=O) groups is 1. The number of hydrogen-bond acceptors (Lipinski definition) is 6. The van der Waals surface area contributed by atoms with Crippen molar-refractivity contribution in [1.29, 1.82) is 0 Å². The number of methoxy groups -OCH3 is 1. The Kier molecular flexibility index (Phi) is 7.89. The van der Waals surface area contributed by atoms with E-state index in [1.807, 2.05) is 19.1 Å². The lowest BCUT2D eigenvalue weighted by atomic mass is 10.2. The molecule has 1 aliphatic heterocycles. The second-order valence-electron chi connectivity index (χ2n) is 7.33. The number of rotatable bonds is 9. The summed E-state index contributed by atoms with van der Waals surface area (Å²) in [4.78, 5) is 14.9. The summed E-state index contributed by atoms with van der Waals surface area (Å²) in [5.74, 6) is 0.201. The SMILES string of the molecule is COc1ccc(S(=O)(=O)N(CC(=O)NCCN2CCOCC2)c2ccc(C)cc2)cc1. The molecule has 1 N–H and O–H groups in total. The molecule has 0 aliphatic carbocycles. The molecule has 0 radical (unpaired) electrons. The number of anilines is 1. The third kappa shape index (κ3) is 6.19. The van der Waals surface area contributed by atoms with Gasteiger partial charge < -0.3 is 14.8 Å². The molecule has 1 amide bonds. The minimum absolute atomic E-state index is 0.0926. The first-order chi connectivity index (χ1) is 14.9. The molecule has 1 fully saturated rings. The van der Waals surface area contributed by atoms with Gasteiger partial charge in [0.05, 0.1) is 30.9 Å². The van der Waals surface area contributed by atoms with E-state index in [4.69, 9.17) is 9.47 Å². The van der Waals surface area contributed by atoms with E-state index < -0.39 is 10.0 Å². The number of nitrogens with one attached hydrogen (secondary N) is 1. The average molecular weight is 448 g/mol. The number of nitrogens with zero attached hydrogens (tertiary/aromatic N) is 2. The van der Waals surface area contributed by atoms with Crippen LogP contribution in [0, 0.1) is 6.92 Å². The number of ether oxygens (including phenoxy) is 2. The summed E-state index contributed by atoms with van der Waals surface area (Å²) in [7, 11) is -2.43. The zero-order valence-electron chi connectivity index (χ0n) is 17.9. The third-order valence-electron chi connectivity index (χ3n) is 5.11. The fourth-order valence-electron chi connectivity index (χ4n) is 3.27. The van der Waals surface area contributed by atoms with Crippen molar-refractivity contribution in [3.05, 3.63) is 54.1 Å². The molecule has 1 saturated heterocycles. The van der Waals surface area contributed by atoms with Crippen molar-refractivity contribution < 1.29 is 22.7 Å². The van der Waals surface area contributed by atoms with Gasteiger partial charge in [-0.1, -0.05) is 17.7 Å². The van der Waals surface area contributed by atoms with Crippen molar-refractivity contribution in [3.8, 4) is 5.75 Å². The molecule has 3 rings (SSSR count). The Bertz CT molecular complexity index is 956. The van der Waals surface area contributed by atoms with Crippen LogP contribution in [0.3, 0.4) is 0 Å². The third-order valence-corrected chi connectivity index (χ3v) is 6.90. The van der Waals surface area contributed by atoms with E-state index in [-0.39, 0.29) is 17.3 Å². The summed E-state index contributed by atoms with van der Waals surface area (Å²) in [6, 6.07) is 13.2. The van der Waals surface area contributed by atoms with Crippen molar-refractivity contribution >= 4 is 21.6 Å². The normalized spacial score (nSPS) is 14.8. The van der Waals surface area contributed by atoms with E-state index in [1.165, 1.54) is 19.2 Å². The maximum atomic E-state index is 13.4. The molecule has 0 bridgehead atoms. The molecule has 0 unspecified atom stereocenters. The first-order valence-electron chi connectivity index (χ1n) is 10.2. The van der Waals surface area contributed by atoms with Crippen molar-refractivity contribution in [1.82, 2.24) is 10.2 Å². The number of benzene rings is 2. The minimum atomic E-state index is -3.94. The molecule has 2 aromatic carbocycles. The van der Waals surface area contributed by atoms with Gasteiger partial charge in [0.15, 0.2) is 0 Å². The highest BCUT2D eigenvalue weighted by molar-refractivity contribution is 7.92. The van der Waals surface area contributed by atoms with Crippen LogP contribution in [0.4, 0.5) is 5.69 Å². The van der Waals surface area contributed by atoms with E-state index in [1.54, 1.807) is 24.3 Å². The summed E-state index contributed by atoms with van der Waals surface area (Å²) in [5, 5.41) is 2.84. The molecule has 31 heavy (non-hydrogen) atoms. The Labute approximate surface area is 183 Å². The van der Waals surface area contributed by atoms with Crippen molar-refractivity contribution in [2.45, 2.75) is 11.8 Å². The van der Waals surface area contributed by atoms with Crippen molar-refractivity contribution in [2.75, 3.05) is 57.4 Å². The van der Waals surface area contributed by atoms with Crippen LogP contribution in [0.2, 0.25) is 0 Å². The van der Waals surface area contributed by atoms with Crippen LogP contribution in [0.15, 0.2) is 53.4 Å². The number of hydrogen-bond donors (Lipinski definition) is 1. The second-order valence-corrected chi connectivity index (χ2v) is 9.19. The number of aryl methyl sites for hydroxylation is 1. The van der Waals surface area contributed by atoms with Gasteiger partial charge in [-0.15, -0.1) is 0 Å². The maximum Gasteiger partial charge on any atom is 0.264 e. The van der Waals surface area contributed by atoms with Gasteiger partial charge in [0.2, 0.25) is 5.91 Å². The van der Waals surface area contributed by atoms with Crippen LogP contribution in [-0.2, 0) is 19.6 Å². The van der Waals surface area contributed by atoms with Crippen LogP contribution >= 0.6 is 0 Å². The minimum Gasteiger partial charge on any atom is -0.497 e. The summed E-state index contributed by atoms with van der Waals surface area (Å²) < 4.78 is 38.3. The first kappa shape index (κ1) is 23.1. The highest BCUT2D eigenvalue weighted by Gasteiger charge is 2.27. The van der Waals surface area contributed by atoms with Crippen LogP contribution < -0.4 is 14.4 Å². The van der Waals surface area contributed by atoms with E-state index in [0.717, 1.165) is 23.0 Å². The molecule has 0 spiro atoms. The molecule has 0 atom stereocenters. The van der Waals surface area contributed by atoms with E-state index in [9.17, 15) is 13.2 Å². The topological polar surface area (TPSA) is 88.2 Å². The van der Waals surface area contributed by atoms with Crippen LogP contribution in [-0.4, -0.2) is 72.3 Å². The summed E-state index contributed by atoms with van der Waals surface area (Å²) in [6.07, 6.45) is 0. The number of amides is 1. The summed E-state index contributed by atoms with van der Waals surface area (Å²) in [5.41, 5.74) is 1.44. The number of carbonyl (C=O) groups excluding carboxylic acids is 1. The van der Waals surface area contributed by atoms with Gasteiger partial charge in [-0.2, -0.15) is 0 Å². The quantitative estimate of drug-likeness (QED) is 0.629. The Morgan fingerprint density at radius 2 is 1.74 bits per heavy atom. The summed E-state index contributed by atoms with van der Waals surface area (Å²) >= 11 is 0.